The second-order valence-electron chi connectivity index (χ2n) is 7.15. The summed E-state index contributed by atoms with van der Waals surface area (Å²) in [4.78, 5) is 27.6. The quantitative estimate of drug-likeness (QED) is 0.933. The predicted molar refractivity (Wildman–Crippen MR) is 89.1 cm³/mol. The highest BCUT2D eigenvalue weighted by Crippen LogP contribution is 2.36. The van der Waals surface area contributed by atoms with Crippen LogP contribution in [-0.4, -0.2) is 24.4 Å². The maximum atomic E-state index is 13.1. The van der Waals surface area contributed by atoms with E-state index < -0.39 is 0 Å². The lowest BCUT2D eigenvalue weighted by molar-refractivity contribution is -0.135. The Bertz CT molecular complexity index is 624. The Morgan fingerprint density at radius 1 is 1.00 bits per heavy atom. The van der Waals surface area contributed by atoms with Gasteiger partial charge in [-0.05, 0) is 43.7 Å². The molecular weight excluding hydrogens is 288 g/mol. The summed E-state index contributed by atoms with van der Waals surface area (Å²) >= 11 is 0. The number of carbonyl (C=O) groups is 2. The van der Waals surface area contributed by atoms with Crippen molar-refractivity contribution in [3.63, 3.8) is 0 Å². The fourth-order valence-electron chi connectivity index (χ4n) is 4.04. The third kappa shape index (κ3) is 2.87. The highest BCUT2D eigenvalue weighted by molar-refractivity contribution is 5.99. The summed E-state index contributed by atoms with van der Waals surface area (Å²) in [5, 5.41) is 3.11. The first-order valence-electron chi connectivity index (χ1n) is 8.93. The average Bonchev–Trinajstić information content (AvgIpc) is 3.30. The highest BCUT2D eigenvalue weighted by atomic mass is 16.2. The molecule has 4 rings (SSSR count). The van der Waals surface area contributed by atoms with E-state index in [0.717, 1.165) is 57.2 Å². The number of rotatable bonds is 3. The van der Waals surface area contributed by atoms with Gasteiger partial charge in [-0.25, -0.2) is 0 Å². The van der Waals surface area contributed by atoms with Crippen molar-refractivity contribution in [2.45, 2.75) is 51.0 Å². The van der Waals surface area contributed by atoms with E-state index in [1.54, 1.807) is 0 Å². The van der Waals surface area contributed by atoms with Crippen LogP contribution >= 0.6 is 0 Å². The predicted octanol–water partition coefficient (Wildman–Crippen LogP) is 2.66. The summed E-state index contributed by atoms with van der Waals surface area (Å²) in [5.74, 6) is -0.0121. The maximum absolute atomic E-state index is 13.1. The average molecular weight is 312 g/mol. The fourth-order valence-corrected chi connectivity index (χ4v) is 4.04. The lowest BCUT2D eigenvalue weighted by Gasteiger charge is -2.32. The van der Waals surface area contributed by atoms with Gasteiger partial charge in [0.05, 0.1) is 5.92 Å². The minimum Gasteiger partial charge on any atom is -0.353 e. The van der Waals surface area contributed by atoms with Crippen molar-refractivity contribution in [1.29, 1.82) is 0 Å². The molecule has 1 N–H and O–H groups in total. The zero-order valence-electron chi connectivity index (χ0n) is 13.5. The van der Waals surface area contributed by atoms with Crippen LogP contribution in [0.4, 0.5) is 5.69 Å². The van der Waals surface area contributed by atoms with E-state index in [0.29, 0.717) is 6.04 Å². The topological polar surface area (TPSA) is 49.4 Å². The molecule has 2 atom stereocenters. The van der Waals surface area contributed by atoms with Gasteiger partial charge in [0, 0.05) is 24.2 Å². The van der Waals surface area contributed by atoms with Crippen molar-refractivity contribution in [3.05, 3.63) is 29.8 Å². The second-order valence-corrected chi connectivity index (χ2v) is 7.15. The molecule has 23 heavy (non-hydrogen) atoms. The van der Waals surface area contributed by atoms with E-state index in [4.69, 9.17) is 0 Å². The van der Waals surface area contributed by atoms with Gasteiger partial charge in [-0.1, -0.05) is 31.0 Å². The molecule has 122 valence electrons. The molecular formula is C19H24N2O2. The Hall–Kier alpha value is -1.84. The van der Waals surface area contributed by atoms with E-state index in [1.807, 2.05) is 23.1 Å². The van der Waals surface area contributed by atoms with E-state index >= 15 is 0 Å². The molecule has 0 saturated heterocycles. The minimum absolute atomic E-state index is 0.109. The minimum atomic E-state index is -0.145. The first-order chi connectivity index (χ1) is 11.2. The Morgan fingerprint density at radius 2 is 1.74 bits per heavy atom. The molecule has 0 spiro atoms. The second kappa shape index (κ2) is 5.99. The normalized spacial score (nSPS) is 26.7. The third-order valence-corrected chi connectivity index (χ3v) is 5.50. The fraction of sp³-hybridized carbons (Fsp3) is 0.579. The Morgan fingerprint density at radius 3 is 2.52 bits per heavy atom. The summed E-state index contributed by atoms with van der Waals surface area (Å²) in [6.07, 6.45) is 6.92. The first kappa shape index (κ1) is 14.7. The van der Waals surface area contributed by atoms with E-state index in [-0.39, 0.29) is 23.7 Å². The maximum Gasteiger partial charge on any atom is 0.230 e. The Labute approximate surface area is 137 Å². The van der Waals surface area contributed by atoms with Crippen LogP contribution in [0.1, 0.15) is 44.1 Å². The molecule has 1 aromatic carbocycles. The molecule has 1 heterocycles. The molecule has 2 aliphatic carbocycles. The number of para-hydroxylation sites is 1. The molecule has 4 nitrogen and oxygen atoms in total. The number of amides is 2. The molecule has 2 saturated carbocycles. The molecule has 3 aliphatic rings. The first-order valence-corrected chi connectivity index (χ1v) is 8.93. The SMILES string of the molecule is O=C(NC1CC1)[C@H]1CCCC[C@@H]1C(=O)N1CCc2ccccc21. The number of anilines is 1. The molecule has 2 amide bonds. The van der Waals surface area contributed by atoms with Gasteiger partial charge < -0.3 is 10.2 Å². The van der Waals surface area contributed by atoms with Crippen molar-refractivity contribution in [3.8, 4) is 0 Å². The van der Waals surface area contributed by atoms with Gasteiger partial charge in [0.25, 0.3) is 0 Å². The molecule has 0 unspecified atom stereocenters. The molecule has 0 aromatic heterocycles. The molecule has 1 aliphatic heterocycles. The van der Waals surface area contributed by atoms with Crippen molar-refractivity contribution >= 4 is 17.5 Å². The van der Waals surface area contributed by atoms with Crippen molar-refractivity contribution < 1.29 is 9.59 Å². The summed E-state index contributed by atoms with van der Waals surface area (Å²) < 4.78 is 0. The van der Waals surface area contributed by atoms with Crippen LogP contribution < -0.4 is 10.2 Å². The molecule has 0 radical (unpaired) electrons. The number of carbonyl (C=O) groups excluding carboxylic acids is 2. The largest absolute Gasteiger partial charge is 0.353 e. The van der Waals surface area contributed by atoms with Crippen LogP contribution in [0.2, 0.25) is 0 Å². The summed E-state index contributed by atoms with van der Waals surface area (Å²) in [5.41, 5.74) is 2.29. The number of nitrogens with one attached hydrogen (secondary N) is 1. The van der Waals surface area contributed by atoms with Crippen molar-refractivity contribution in [2.75, 3.05) is 11.4 Å². The number of fused-ring (bicyclic) bond motifs is 1. The van der Waals surface area contributed by atoms with Gasteiger partial charge in [-0.15, -0.1) is 0 Å². The van der Waals surface area contributed by atoms with Crippen LogP contribution in [-0.2, 0) is 16.0 Å². The van der Waals surface area contributed by atoms with Crippen molar-refractivity contribution in [2.24, 2.45) is 11.8 Å². The van der Waals surface area contributed by atoms with Gasteiger partial charge in [0.1, 0.15) is 0 Å². The van der Waals surface area contributed by atoms with Crippen LogP contribution in [0.15, 0.2) is 24.3 Å². The zero-order chi connectivity index (χ0) is 15.8. The molecule has 1 aromatic rings. The van der Waals surface area contributed by atoms with Gasteiger partial charge in [0.15, 0.2) is 0 Å². The number of benzene rings is 1. The van der Waals surface area contributed by atoms with Crippen LogP contribution in [0, 0.1) is 11.8 Å². The third-order valence-electron chi connectivity index (χ3n) is 5.50. The summed E-state index contributed by atoms with van der Waals surface area (Å²) in [7, 11) is 0. The zero-order valence-corrected chi connectivity index (χ0v) is 13.5. The van der Waals surface area contributed by atoms with Gasteiger partial charge in [-0.2, -0.15) is 0 Å². The standard InChI is InChI=1S/C19H24N2O2/c22-18(20-14-9-10-14)15-6-2-3-7-16(15)19(23)21-12-11-13-5-1-4-8-17(13)21/h1,4-5,8,14-16H,2-3,6-7,9-12H2,(H,20,22)/t15-,16-/m0/s1. The summed E-state index contributed by atoms with van der Waals surface area (Å²) in [6.45, 7) is 0.756. The highest BCUT2D eigenvalue weighted by Gasteiger charge is 2.40. The van der Waals surface area contributed by atoms with Crippen LogP contribution in [0.5, 0.6) is 0 Å². The number of hydrogen-bond acceptors (Lipinski definition) is 2. The molecule has 0 bridgehead atoms. The lowest BCUT2D eigenvalue weighted by Crippen LogP contribution is -2.45. The van der Waals surface area contributed by atoms with Gasteiger partial charge >= 0.3 is 0 Å². The van der Waals surface area contributed by atoms with E-state index in [1.165, 1.54) is 5.56 Å². The van der Waals surface area contributed by atoms with Gasteiger partial charge in [0.2, 0.25) is 11.8 Å². The molecule has 2 fully saturated rings. The molecule has 4 heteroatoms. The lowest BCUT2D eigenvalue weighted by atomic mass is 9.77. The van der Waals surface area contributed by atoms with Gasteiger partial charge in [-0.3, -0.25) is 9.59 Å². The Balaban J connectivity index is 1.52. The van der Waals surface area contributed by atoms with E-state index in [9.17, 15) is 9.59 Å². The Kier molecular flexibility index (Phi) is 3.83. The number of nitrogens with zero attached hydrogens (tertiary/aromatic N) is 1. The van der Waals surface area contributed by atoms with Crippen LogP contribution in [0.25, 0.3) is 0 Å². The monoisotopic (exact) mass is 312 g/mol. The smallest absolute Gasteiger partial charge is 0.230 e. The van der Waals surface area contributed by atoms with Crippen LogP contribution in [0.3, 0.4) is 0 Å². The number of hydrogen-bond donors (Lipinski definition) is 1. The summed E-state index contributed by atoms with van der Waals surface area (Å²) in [6, 6.07) is 8.51. The van der Waals surface area contributed by atoms with Crippen molar-refractivity contribution in [1.82, 2.24) is 5.32 Å². The van der Waals surface area contributed by atoms with E-state index in [2.05, 4.69) is 11.4 Å².